The molecular weight excluding hydrogens is 174 g/mol. The van der Waals surface area contributed by atoms with Crippen molar-refractivity contribution in [2.24, 2.45) is 5.73 Å². The van der Waals surface area contributed by atoms with Gasteiger partial charge in [0.1, 0.15) is 5.82 Å². The van der Waals surface area contributed by atoms with Crippen molar-refractivity contribution in [2.45, 2.75) is 52.6 Å². The Bertz CT molecular complexity index is 305. The zero-order chi connectivity index (χ0) is 10.9. The standard InChI is InChI=1S/C11H21N3/c1-8(2)14-7-9(6-12)13-10(14)11(3,4)5/h7-8H,6,12H2,1-5H3. The molecule has 0 atom stereocenters. The zero-order valence-corrected chi connectivity index (χ0v) is 9.83. The van der Waals surface area contributed by atoms with Crippen molar-refractivity contribution >= 4 is 0 Å². The van der Waals surface area contributed by atoms with Gasteiger partial charge >= 0.3 is 0 Å². The van der Waals surface area contributed by atoms with Gasteiger partial charge < -0.3 is 10.3 Å². The molecule has 0 fully saturated rings. The third kappa shape index (κ3) is 2.15. The molecule has 14 heavy (non-hydrogen) atoms. The van der Waals surface area contributed by atoms with Gasteiger partial charge in [0.05, 0.1) is 5.69 Å². The van der Waals surface area contributed by atoms with Crippen LogP contribution in [0.5, 0.6) is 0 Å². The van der Waals surface area contributed by atoms with Crippen LogP contribution in [-0.4, -0.2) is 9.55 Å². The van der Waals surface area contributed by atoms with E-state index in [1.54, 1.807) is 0 Å². The van der Waals surface area contributed by atoms with Crippen LogP contribution in [0.3, 0.4) is 0 Å². The maximum absolute atomic E-state index is 5.60. The summed E-state index contributed by atoms with van der Waals surface area (Å²) in [6, 6.07) is 0.442. The molecule has 2 N–H and O–H groups in total. The second-order valence-electron chi connectivity index (χ2n) is 5.01. The predicted molar refractivity (Wildman–Crippen MR) is 59.2 cm³/mol. The molecule has 1 rings (SSSR count). The molecule has 0 saturated heterocycles. The molecule has 0 spiro atoms. The Hall–Kier alpha value is -0.830. The molecule has 3 nitrogen and oxygen atoms in total. The molecule has 0 bridgehead atoms. The van der Waals surface area contributed by atoms with Crippen molar-refractivity contribution in [3.05, 3.63) is 17.7 Å². The van der Waals surface area contributed by atoms with Crippen LogP contribution < -0.4 is 5.73 Å². The highest BCUT2D eigenvalue weighted by Crippen LogP contribution is 2.24. The van der Waals surface area contributed by atoms with Crippen LogP contribution in [0.25, 0.3) is 0 Å². The number of hydrogen-bond donors (Lipinski definition) is 1. The lowest BCUT2D eigenvalue weighted by molar-refractivity contribution is 0.469. The smallest absolute Gasteiger partial charge is 0.114 e. The van der Waals surface area contributed by atoms with Gasteiger partial charge in [-0.25, -0.2) is 4.98 Å². The van der Waals surface area contributed by atoms with Crippen molar-refractivity contribution in [1.29, 1.82) is 0 Å². The SMILES string of the molecule is CC(C)n1cc(CN)nc1C(C)(C)C. The normalized spacial score (nSPS) is 12.5. The number of hydrogen-bond acceptors (Lipinski definition) is 2. The van der Waals surface area contributed by atoms with E-state index < -0.39 is 0 Å². The van der Waals surface area contributed by atoms with E-state index in [1.165, 1.54) is 0 Å². The summed E-state index contributed by atoms with van der Waals surface area (Å²) in [5.74, 6) is 1.12. The van der Waals surface area contributed by atoms with Crippen LogP contribution in [0.15, 0.2) is 6.20 Å². The second-order valence-corrected chi connectivity index (χ2v) is 5.01. The fourth-order valence-electron chi connectivity index (χ4n) is 1.49. The Morgan fingerprint density at radius 3 is 2.29 bits per heavy atom. The zero-order valence-electron chi connectivity index (χ0n) is 9.83. The van der Waals surface area contributed by atoms with Gasteiger partial charge in [-0.05, 0) is 13.8 Å². The Balaban J connectivity index is 3.19. The monoisotopic (exact) mass is 195 g/mol. The van der Waals surface area contributed by atoms with Crippen LogP contribution in [0.4, 0.5) is 0 Å². The summed E-state index contributed by atoms with van der Waals surface area (Å²) in [5.41, 5.74) is 6.66. The van der Waals surface area contributed by atoms with Gasteiger partial charge in [-0.2, -0.15) is 0 Å². The lowest BCUT2D eigenvalue weighted by Crippen LogP contribution is -2.19. The van der Waals surface area contributed by atoms with Crippen LogP contribution in [0, 0.1) is 0 Å². The summed E-state index contributed by atoms with van der Waals surface area (Å²) >= 11 is 0. The Labute approximate surface area is 86.3 Å². The molecule has 80 valence electrons. The molecule has 0 aliphatic carbocycles. The summed E-state index contributed by atoms with van der Waals surface area (Å²) in [6.45, 7) is 11.4. The van der Waals surface area contributed by atoms with Crippen molar-refractivity contribution < 1.29 is 0 Å². The molecule has 3 heteroatoms. The van der Waals surface area contributed by atoms with Gasteiger partial charge in [0.25, 0.3) is 0 Å². The first-order valence-electron chi connectivity index (χ1n) is 5.14. The van der Waals surface area contributed by atoms with E-state index in [-0.39, 0.29) is 5.41 Å². The minimum absolute atomic E-state index is 0.0810. The quantitative estimate of drug-likeness (QED) is 0.786. The molecule has 0 saturated carbocycles. The highest BCUT2D eigenvalue weighted by atomic mass is 15.1. The van der Waals surface area contributed by atoms with E-state index in [2.05, 4.69) is 50.4 Å². The van der Waals surface area contributed by atoms with E-state index >= 15 is 0 Å². The molecule has 0 amide bonds. The van der Waals surface area contributed by atoms with Crippen LogP contribution in [0.2, 0.25) is 0 Å². The van der Waals surface area contributed by atoms with E-state index in [0.29, 0.717) is 12.6 Å². The molecule has 0 unspecified atom stereocenters. The third-order valence-corrected chi connectivity index (χ3v) is 2.22. The summed E-state index contributed by atoms with van der Waals surface area (Å²) in [7, 11) is 0. The lowest BCUT2D eigenvalue weighted by Gasteiger charge is -2.21. The largest absolute Gasteiger partial charge is 0.332 e. The lowest BCUT2D eigenvalue weighted by atomic mass is 9.95. The summed E-state index contributed by atoms with van der Waals surface area (Å²) in [6.07, 6.45) is 2.06. The van der Waals surface area contributed by atoms with Crippen molar-refractivity contribution in [3.63, 3.8) is 0 Å². The average Bonchev–Trinajstić information content (AvgIpc) is 2.46. The van der Waals surface area contributed by atoms with Crippen LogP contribution in [0.1, 0.15) is 52.2 Å². The second kappa shape index (κ2) is 3.73. The highest BCUT2D eigenvalue weighted by Gasteiger charge is 2.22. The molecule has 0 aliphatic heterocycles. The van der Waals surface area contributed by atoms with Crippen LogP contribution >= 0.6 is 0 Å². The first-order valence-corrected chi connectivity index (χ1v) is 5.14. The van der Waals surface area contributed by atoms with E-state index in [0.717, 1.165) is 11.5 Å². The van der Waals surface area contributed by atoms with Gasteiger partial charge in [-0.15, -0.1) is 0 Å². The average molecular weight is 195 g/mol. The fraction of sp³-hybridized carbons (Fsp3) is 0.727. The van der Waals surface area contributed by atoms with Crippen molar-refractivity contribution in [2.75, 3.05) is 0 Å². The number of nitrogens with two attached hydrogens (primary N) is 1. The minimum atomic E-state index is 0.0810. The maximum Gasteiger partial charge on any atom is 0.114 e. The molecule has 1 heterocycles. The third-order valence-electron chi connectivity index (χ3n) is 2.22. The summed E-state index contributed by atoms with van der Waals surface area (Å²) in [4.78, 5) is 4.56. The van der Waals surface area contributed by atoms with Crippen molar-refractivity contribution in [1.82, 2.24) is 9.55 Å². The highest BCUT2D eigenvalue weighted by molar-refractivity contribution is 5.12. The summed E-state index contributed by atoms with van der Waals surface area (Å²) in [5, 5.41) is 0. The van der Waals surface area contributed by atoms with Gasteiger partial charge in [-0.3, -0.25) is 0 Å². The summed E-state index contributed by atoms with van der Waals surface area (Å²) < 4.78 is 2.21. The molecule has 0 aromatic carbocycles. The predicted octanol–water partition coefficient (Wildman–Crippen LogP) is 2.22. The molecule has 0 aliphatic rings. The van der Waals surface area contributed by atoms with E-state index in [1.807, 2.05) is 0 Å². The van der Waals surface area contributed by atoms with Crippen molar-refractivity contribution in [3.8, 4) is 0 Å². The van der Waals surface area contributed by atoms with Gasteiger partial charge in [0.15, 0.2) is 0 Å². The Morgan fingerprint density at radius 2 is 2.00 bits per heavy atom. The molecule has 1 aromatic rings. The van der Waals surface area contributed by atoms with E-state index in [4.69, 9.17) is 5.73 Å². The minimum Gasteiger partial charge on any atom is -0.332 e. The van der Waals surface area contributed by atoms with Gasteiger partial charge in [-0.1, -0.05) is 20.8 Å². The van der Waals surface area contributed by atoms with E-state index in [9.17, 15) is 0 Å². The Kier molecular flexibility index (Phi) is 3.00. The molecule has 0 radical (unpaired) electrons. The first kappa shape index (κ1) is 11.2. The Morgan fingerprint density at radius 1 is 1.43 bits per heavy atom. The molecular formula is C11H21N3. The van der Waals surface area contributed by atoms with Gasteiger partial charge in [0.2, 0.25) is 0 Å². The number of rotatable bonds is 2. The van der Waals surface area contributed by atoms with Gasteiger partial charge in [0, 0.05) is 24.2 Å². The number of imidazole rings is 1. The number of nitrogens with zero attached hydrogens (tertiary/aromatic N) is 2. The maximum atomic E-state index is 5.60. The topological polar surface area (TPSA) is 43.8 Å². The van der Waals surface area contributed by atoms with Crippen LogP contribution in [-0.2, 0) is 12.0 Å². The molecule has 1 aromatic heterocycles. The number of aromatic nitrogens is 2. The first-order chi connectivity index (χ1) is 6.36. The fourth-order valence-corrected chi connectivity index (χ4v) is 1.49.